The Bertz CT molecular complexity index is 769. The third kappa shape index (κ3) is 2.79. The van der Waals surface area contributed by atoms with Crippen molar-refractivity contribution in [1.29, 1.82) is 0 Å². The first kappa shape index (κ1) is 14.8. The van der Waals surface area contributed by atoms with Gasteiger partial charge in [-0.2, -0.15) is 0 Å². The quantitative estimate of drug-likeness (QED) is 0.660. The minimum atomic E-state index is -0.146. The number of imidazole rings is 1. The lowest BCUT2D eigenvalue weighted by Gasteiger charge is -2.21. The van der Waals surface area contributed by atoms with Crippen LogP contribution in [0.3, 0.4) is 0 Å². The average Bonchev–Trinajstić information content (AvgIpc) is 2.94. The molecule has 0 aromatic carbocycles. The number of hydrogen-bond donors (Lipinski definition) is 2. The fourth-order valence-corrected chi connectivity index (χ4v) is 3.86. The Morgan fingerprint density at radius 2 is 2.24 bits per heavy atom. The van der Waals surface area contributed by atoms with E-state index in [-0.39, 0.29) is 5.69 Å². The molecule has 1 fully saturated rings. The number of aromatic nitrogens is 4. The number of nitrogens with zero attached hydrogens (tertiary/aromatic N) is 3. The van der Waals surface area contributed by atoms with Crippen molar-refractivity contribution >= 4 is 35.1 Å². The molecule has 114 valence electrons. The molecule has 0 saturated carbocycles. The van der Waals surface area contributed by atoms with Crippen LogP contribution in [-0.2, 0) is 14.1 Å². The number of H-pyrrole nitrogens is 1. The van der Waals surface area contributed by atoms with Crippen molar-refractivity contribution in [3.05, 3.63) is 15.1 Å². The van der Waals surface area contributed by atoms with Crippen molar-refractivity contribution in [2.75, 3.05) is 18.8 Å². The maximum absolute atomic E-state index is 12.0. The Kier molecular flexibility index (Phi) is 4.19. The Labute approximate surface area is 132 Å². The summed E-state index contributed by atoms with van der Waals surface area (Å²) in [6.45, 7) is 2.21. The number of fused-ring (bicyclic) bond motifs is 1. The third-order valence-corrected chi connectivity index (χ3v) is 5.51. The molecule has 2 aromatic heterocycles. The first-order chi connectivity index (χ1) is 10.1. The number of thioether (sulfide) groups is 1. The highest BCUT2D eigenvalue weighted by Gasteiger charge is 2.16. The maximum Gasteiger partial charge on any atom is 0.330 e. The second-order valence-corrected chi connectivity index (χ2v) is 6.87. The van der Waals surface area contributed by atoms with Crippen LogP contribution in [0.15, 0.2) is 9.95 Å². The average molecular weight is 325 g/mol. The van der Waals surface area contributed by atoms with E-state index < -0.39 is 0 Å². The summed E-state index contributed by atoms with van der Waals surface area (Å²) in [6, 6.07) is 0. The molecule has 0 amide bonds. The highest BCUT2D eigenvalue weighted by atomic mass is 32.2. The summed E-state index contributed by atoms with van der Waals surface area (Å²) >= 11 is 7.03. The van der Waals surface area contributed by atoms with Gasteiger partial charge in [0.05, 0.1) is 0 Å². The maximum atomic E-state index is 12.0. The Morgan fingerprint density at radius 3 is 2.95 bits per heavy atom. The van der Waals surface area contributed by atoms with Crippen LogP contribution in [0.4, 0.5) is 0 Å². The fraction of sp³-hybridized carbons (Fsp3) is 0.615. The van der Waals surface area contributed by atoms with Crippen LogP contribution >= 0.6 is 24.0 Å². The monoisotopic (exact) mass is 325 g/mol. The Hall–Kier alpha value is -1.12. The minimum absolute atomic E-state index is 0.146. The molecule has 21 heavy (non-hydrogen) atoms. The van der Waals surface area contributed by atoms with Gasteiger partial charge >= 0.3 is 5.69 Å². The van der Waals surface area contributed by atoms with Crippen molar-refractivity contribution in [3.63, 3.8) is 0 Å². The molecule has 2 aromatic rings. The normalized spacial score (nSPS) is 19.2. The summed E-state index contributed by atoms with van der Waals surface area (Å²) < 4.78 is 3.51. The highest BCUT2D eigenvalue weighted by molar-refractivity contribution is 7.99. The van der Waals surface area contributed by atoms with Crippen molar-refractivity contribution < 1.29 is 0 Å². The van der Waals surface area contributed by atoms with E-state index >= 15 is 0 Å². The van der Waals surface area contributed by atoms with Crippen molar-refractivity contribution in [2.45, 2.75) is 18.0 Å². The summed E-state index contributed by atoms with van der Waals surface area (Å²) in [5.41, 5.74) is 1.25. The summed E-state index contributed by atoms with van der Waals surface area (Å²) in [6.07, 6.45) is 2.51. The number of rotatable bonds is 3. The zero-order valence-electron chi connectivity index (χ0n) is 12.2. The van der Waals surface area contributed by atoms with Crippen molar-refractivity contribution in [1.82, 2.24) is 24.4 Å². The predicted octanol–water partition coefficient (Wildman–Crippen LogP) is 1.42. The summed E-state index contributed by atoms with van der Waals surface area (Å²) in [7, 11) is 3.41. The molecule has 1 aliphatic heterocycles. The molecule has 8 heteroatoms. The zero-order chi connectivity index (χ0) is 15.0. The van der Waals surface area contributed by atoms with Crippen LogP contribution in [-0.4, -0.2) is 37.9 Å². The first-order valence-corrected chi connectivity index (χ1v) is 8.46. The van der Waals surface area contributed by atoms with E-state index in [0.717, 1.165) is 29.5 Å². The summed E-state index contributed by atoms with van der Waals surface area (Å²) in [5.74, 6) is 1.71. The number of aryl methyl sites for hydroxylation is 1. The van der Waals surface area contributed by atoms with Crippen LogP contribution in [0, 0.1) is 10.6 Å². The molecule has 3 heterocycles. The topological polar surface area (TPSA) is 67.6 Å². The van der Waals surface area contributed by atoms with Crippen LogP contribution in [0.1, 0.15) is 12.8 Å². The van der Waals surface area contributed by atoms with Gasteiger partial charge in [-0.25, -0.2) is 9.78 Å². The number of hydrogen-bond acceptors (Lipinski definition) is 5. The first-order valence-electron chi connectivity index (χ1n) is 7.07. The van der Waals surface area contributed by atoms with E-state index in [1.807, 2.05) is 0 Å². The molecule has 0 aliphatic carbocycles. The molecule has 0 radical (unpaired) electrons. The van der Waals surface area contributed by atoms with E-state index in [9.17, 15) is 4.79 Å². The largest absolute Gasteiger partial charge is 0.330 e. The lowest BCUT2D eigenvalue weighted by Crippen LogP contribution is -2.30. The van der Waals surface area contributed by atoms with Gasteiger partial charge in [0.25, 0.3) is 0 Å². The van der Waals surface area contributed by atoms with Crippen LogP contribution in [0.5, 0.6) is 0 Å². The third-order valence-electron chi connectivity index (χ3n) is 3.93. The SMILES string of the molecule is Cn1c(=S)c2[nH]c(SCC3CCCNC3)nc2n(C)c1=O. The van der Waals surface area contributed by atoms with E-state index in [0.29, 0.717) is 16.2 Å². The van der Waals surface area contributed by atoms with Gasteiger partial charge in [-0.1, -0.05) is 24.0 Å². The Balaban J connectivity index is 1.87. The van der Waals surface area contributed by atoms with Gasteiger partial charge < -0.3 is 10.3 Å². The summed E-state index contributed by atoms with van der Waals surface area (Å²) in [4.78, 5) is 19.8. The van der Waals surface area contributed by atoms with Crippen LogP contribution < -0.4 is 11.0 Å². The molecular weight excluding hydrogens is 306 g/mol. The van der Waals surface area contributed by atoms with Gasteiger partial charge in [-0.3, -0.25) is 9.13 Å². The second kappa shape index (κ2) is 5.94. The van der Waals surface area contributed by atoms with Crippen LogP contribution in [0.25, 0.3) is 11.2 Å². The van der Waals surface area contributed by atoms with Gasteiger partial charge in [-0.15, -0.1) is 0 Å². The number of aromatic amines is 1. The van der Waals surface area contributed by atoms with E-state index in [2.05, 4.69) is 15.3 Å². The van der Waals surface area contributed by atoms with Crippen molar-refractivity contribution in [3.8, 4) is 0 Å². The molecular formula is C13H19N5OS2. The van der Waals surface area contributed by atoms with E-state index in [1.54, 1.807) is 25.9 Å². The molecule has 1 aliphatic rings. The van der Waals surface area contributed by atoms with Gasteiger partial charge in [0.1, 0.15) is 10.2 Å². The molecule has 1 atom stereocenters. The van der Waals surface area contributed by atoms with Crippen molar-refractivity contribution in [2.24, 2.45) is 20.0 Å². The van der Waals surface area contributed by atoms with Gasteiger partial charge in [0.15, 0.2) is 10.8 Å². The molecule has 0 bridgehead atoms. The van der Waals surface area contributed by atoms with Gasteiger partial charge in [-0.05, 0) is 31.8 Å². The van der Waals surface area contributed by atoms with E-state index in [4.69, 9.17) is 12.2 Å². The van der Waals surface area contributed by atoms with Gasteiger partial charge in [0, 0.05) is 19.8 Å². The lowest BCUT2D eigenvalue weighted by atomic mass is 10.0. The molecule has 1 unspecified atom stereocenters. The highest BCUT2D eigenvalue weighted by Crippen LogP contribution is 2.23. The molecule has 1 saturated heterocycles. The smallest absolute Gasteiger partial charge is 0.329 e. The lowest BCUT2D eigenvalue weighted by molar-refractivity contribution is 0.410. The van der Waals surface area contributed by atoms with Crippen LogP contribution in [0.2, 0.25) is 0 Å². The predicted molar refractivity (Wildman–Crippen MR) is 87.5 cm³/mol. The molecule has 3 rings (SSSR count). The van der Waals surface area contributed by atoms with E-state index in [1.165, 1.54) is 22.0 Å². The molecule has 0 spiro atoms. The minimum Gasteiger partial charge on any atom is -0.329 e. The number of nitrogens with one attached hydrogen (secondary N) is 2. The zero-order valence-corrected chi connectivity index (χ0v) is 13.8. The second-order valence-electron chi connectivity index (χ2n) is 5.47. The fourth-order valence-electron chi connectivity index (χ4n) is 2.64. The molecule has 2 N–H and O–H groups in total. The number of piperidine rings is 1. The van der Waals surface area contributed by atoms with Gasteiger partial charge in [0.2, 0.25) is 0 Å². The Morgan fingerprint density at radius 1 is 1.43 bits per heavy atom. The standard InChI is InChI=1S/C13H19N5OS2/c1-17-10-9(11(20)18(2)13(17)19)15-12(16-10)21-7-8-4-3-5-14-6-8/h8,14H,3-7H2,1-2H3,(H,15,16). The summed E-state index contributed by atoms with van der Waals surface area (Å²) in [5, 5.41) is 4.26. The molecule has 6 nitrogen and oxygen atoms in total.